The summed E-state index contributed by atoms with van der Waals surface area (Å²) in [5.41, 5.74) is 6.82. The van der Waals surface area contributed by atoms with Crippen LogP contribution in [0.3, 0.4) is 0 Å². The third kappa shape index (κ3) is 4.71. The van der Waals surface area contributed by atoms with Gasteiger partial charge in [-0.3, -0.25) is 4.90 Å². The van der Waals surface area contributed by atoms with Crippen LogP contribution in [0.15, 0.2) is 30.3 Å². The van der Waals surface area contributed by atoms with Crippen molar-refractivity contribution in [2.24, 2.45) is 5.73 Å². The maximum absolute atomic E-state index is 12.2. The number of hydrogen-bond donors (Lipinski definition) is 2. The van der Waals surface area contributed by atoms with E-state index in [1.54, 1.807) is 0 Å². The topological polar surface area (TPSA) is 67.6 Å². The summed E-state index contributed by atoms with van der Waals surface area (Å²) in [6.45, 7) is 1.92. The van der Waals surface area contributed by atoms with E-state index in [-0.39, 0.29) is 12.1 Å². The van der Waals surface area contributed by atoms with Crippen LogP contribution in [0.2, 0.25) is 0 Å². The van der Waals surface area contributed by atoms with Gasteiger partial charge in [0.2, 0.25) is 0 Å². The summed E-state index contributed by atoms with van der Waals surface area (Å²) in [6.07, 6.45) is 6.79. The largest absolute Gasteiger partial charge is 0.445 e. The van der Waals surface area contributed by atoms with Crippen molar-refractivity contribution >= 4 is 6.09 Å². The van der Waals surface area contributed by atoms with Gasteiger partial charge in [-0.05, 0) is 31.2 Å². The summed E-state index contributed by atoms with van der Waals surface area (Å²) < 4.78 is 5.40. The van der Waals surface area contributed by atoms with E-state index in [1.807, 2.05) is 30.3 Å². The van der Waals surface area contributed by atoms with Gasteiger partial charge in [0.15, 0.2) is 0 Å². The quantitative estimate of drug-likeness (QED) is 0.806. The summed E-state index contributed by atoms with van der Waals surface area (Å²) in [7, 11) is 0. The molecule has 1 aromatic carbocycles. The molecule has 2 fully saturated rings. The Balaban J connectivity index is 1.53. The van der Waals surface area contributed by atoms with Crippen LogP contribution in [0.1, 0.15) is 44.1 Å². The predicted molar refractivity (Wildman–Crippen MR) is 94.6 cm³/mol. The lowest BCUT2D eigenvalue weighted by atomic mass is 9.89. The Bertz CT molecular complexity index is 519. The second-order valence-corrected chi connectivity index (χ2v) is 6.92. The second-order valence-electron chi connectivity index (χ2n) is 6.92. The van der Waals surface area contributed by atoms with Gasteiger partial charge in [-0.15, -0.1) is 0 Å². The fourth-order valence-corrected chi connectivity index (χ4v) is 3.77. The molecule has 2 atom stereocenters. The van der Waals surface area contributed by atoms with Crippen molar-refractivity contribution < 1.29 is 9.53 Å². The highest BCUT2D eigenvalue weighted by Gasteiger charge is 2.38. The van der Waals surface area contributed by atoms with Gasteiger partial charge < -0.3 is 15.8 Å². The third-order valence-electron chi connectivity index (χ3n) is 5.07. The number of rotatable bonds is 7. The molecule has 0 spiro atoms. The molecule has 0 bridgehead atoms. The molecule has 24 heavy (non-hydrogen) atoms. The Morgan fingerprint density at radius 1 is 1.17 bits per heavy atom. The SMILES string of the molecule is NCCN(C1CC1)[C@@H]1CCCC[C@H]1NC(=O)OCc1ccccc1. The molecule has 2 saturated carbocycles. The summed E-state index contributed by atoms with van der Waals surface area (Å²) in [4.78, 5) is 14.7. The van der Waals surface area contributed by atoms with Gasteiger partial charge in [-0.1, -0.05) is 43.2 Å². The minimum absolute atomic E-state index is 0.175. The summed E-state index contributed by atoms with van der Waals surface area (Å²) in [6, 6.07) is 11.0. The van der Waals surface area contributed by atoms with Gasteiger partial charge in [-0.2, -0.15) is 0 Å². The van der Waals surface area contributed by atoms with Crippen molar-refractivity contribution in [1.82, 2.24) is 10.2 Å². The zero-order valence-electron chi connectivity index (χ0n) is 14.3. The lowest BCUT2D eigenvalue weighted by molar-refractivity contribution is 0.0968. The van der Waals surface area contributed by atoms with E-state index in [1.165, 1.54) is 25.7 Å². The Morgan fingerprint density at radius 3 is 2.62 bits per heavy atom. The number of nitrogens with two attached hydrogens (primary N) is 1. The number of hydrogen-bond acceptors (Lipinski definition) is 4. The molecular formula is C19H29N3O2. The van der Waals surface area contributed by atoms with Crippen molar-refractivity contribution in [2.45, 2.75) is 63.3 Å². The molecule has 2 aliphatic carbocycles. The minimum Gasteiger partial charge on any atom is -0.445 e. The Kier molecular flexibility index (Phi) is 6.10. The molecule has 1 aromatic rings. The van der Waals surface area contributed by atoms with Gasteiger partial charge in [0.05, 0.1) is 0 Å². The van der Waals surface area contributed by atoms with Crippen LogP contribution in [-0.2, 0) is 11.3 Å². The van der Waals surface area contributed by atoms with E-state index in [2.05, 4.69) is 10.2 Å². The van der Waals surface area contributed by atoms with Crippen molar-refractivity contribution in [3.05, 3.63) is 35.9 Å². The average Bonchev–Trinajstić information content (AvgIpc) is 3.44. The maximum atomic E-state index is 12.2. The fraction of sp³-hybridized carbons (Fsp3) is 0.632. The number of carbonyl (C=O) groups excluding carboxylic acids is 1. The molecule has 3 N–H and O–H groups in total. The van der Waals surface area contributed by atoms with E-state index in [0.717, 1.165) is 24.9 Å². The average molecular weight is 331 g/mol. The zero-order valence-corrected chi connectivity index (χ0v) is 14.3. The van der Waals surface area contributed by atoms with Crippen molar-refractivity contribution in [1.29, 1.82) is 0 Å². The number of benzene rings is 1. The summed E-state index contributed by atoms with van der Waals surface area (Å²) in [5.74, 6) is 0. The molecule has 3 rings (SSSR count). The third-order valence-corrected chi connectivity index (χ3v) is 5.07. The monoisotopic (exact) mass is 331 g/mol. The first kappa shape index (κ1) is 17.2. The molecule has 132 valence electrons. The van der Waals surface area contributed by atoms with E-state index in [9.17, 15) is 4.79 Å². The highest BCUT2D eigenvalue weighted by Crippen LogP contribution is 2.33. The van der Waals surface area contributed by atoms with Crippen LogP contribution < -0.4 is 11.1 Å². The first-order valence-corrected chi connectivity index (χ1v) is 9.21. The molecule has 0 saturated heterocycles. The smallest absolute Gasteiger partial charge is 0.407 e. The molecule has 2 aliphatic rings. The molecule has 0 heterocycles. The second kappa shape index (κ2) is 8.49. The lowest BCUT2D eigenvalue weighted by Crippen LogP contribution is -2.55. The van der Waals surface area contributed by atoms with Gasteiger partial charge in [0.1, 0.15) is 6.61 Å². The van der Waals surface area contributed by atoms with Crippen molar-refractivity contribution in [3.63, 3.8) is 0 Å². The number of ether oxygens (including phenoxy) is 1. The molecule has 0 unspecified atom stereocenters. The maximum Gasteiger partial charge on any atom is 0.407 e. The Morgan fingerprint density at radius 2 is 1.92 bits per heavy atom. The number of nitrogens with one attached hydrogen (secondary N) is 1. The van der Waals surface area contributed by atoms with Crippen LogP contribution >= 0.6 is 0 Å². The number of carbonyl (C=O) groups is 1. The normalized spacial score (nSPS) is 23.9. The number of nitrogens with zero attached hydrogens (tertiary/aromatic N) is 1. The molecule has 5 nitrogen and oxygen atoms in total. The van der Waals surface area contributed by atoms with E-state index >= 15 is 0 Å². The van der Waals surface area contributed by atoms with Gasteiger partial charge in [0, 0.05) is 31.2 Å². The molecule has 1 amide bonds. The molecular weight excluding hydrogens is 302 g/mol. The van der Waals surface area contributed by atoms with E-state index in [4.69, 9.17) is 10.5 Å². The highest BCUT2D eigenvalue weighted by molar-refractivity contribution is 5.67. The van der Waals surface area contributed by atoms with Gasteiger partial charge in [-0.25, -0.2) is 4.79 Å². The van der Waals surface area contributed by atoms with Gasteiger partial charge >= 0.3 is 6.09 Å². The highest BCUT2D eigenvalue weighted by atomic mass is 16.5. The number of amides is 1. The summed E-state index contributed by atoms with van der Waals surface area (Å²) >= 11 is 0. The Labute approximate surface area is 144 Å². The van der Waals surface area contributed by atoms with Crippen LogP contribution in [0.4, 0.5) is 4.79 Å². The minimum atomic E-state index is -0.306. The fourth-order valence-electron chi connectivity index (χ4n) is 3.77. The Hall–Kier alpha value is -1.59. The van der Waals surface area contributed by atoms with Crippen molar-refractivity contribution in [2.75, 3.05) is 13.1 Å². The first-order valence-electron chi connectivity index (χ1n) is 9.21. The molecule has 5 heteroatoms. The van der Waals surface area contributed by atoms with E-state index in [0.29, 0.717) is 25.2 Å². The lowest BCUT2D eigenvalue weighted by Gasteiger charge is -2.40. The van der Waals surface area contributed by atoms with E-state index < -0.39 is 0 Å². The van der Waals surface area contributed by atoms with Crippen LogP contribution in [0, 0.1) is 0 Å². The standard InChI is InChI=1S/C19H29N3O2/c20-12-13-22(16-10-11-16)18-9-5-4-8-17(18)21-19(23)24-14-15-6-2-1-3-7-15/h1-3,6-7,16-18H,4-5,8-14,20H2,(H,21,23)/t17-,18-/m1/s1. The van der Waals surface area contributed by atoms with Crippen LogP contribution in [0.25, 0.3) is 0 Å². The first-order chi connectivity index (χ1) is 11.8. The summed E-state index contributed by atoms with van der Waals surface area (Å²) in [5, 5.41) is 3.12. The molecule has 0 radical (unpaired) electrons. The zero-order chi connectivity index (χ0) is 16.8. The van der Waals surface area contributed by atoms with Crippen molar-refractivity contribution in [3.8, 4) is 0 Å². The molecule has 0 aromatic heterocycles. The number of alkyl carbamates (subject to hydrolysis) is 1. The molecule has 0 aliphatic heterocycles. The van der Waals surface area contributed by atoms with Gasteiger partial charge in [0.25, 0.3) is 0 Å². The predicted octanol–water partition coefficient (Wildman–Crippen LogP) is 2.65. The van der Waals surface area contributed by atoms with Crippen LogP contribution in [0.5, 0.6) is 0 Å². The van der Waals surface area contributed by atoms with Crippen LogP contribution in [-0.4, -0.2) is 42.2 Å².